The maximum atomic E-state index is 12.0. The molecule has 1 atom stereocenters. The summed E-state index contributed by atoms with van der Waals surface area (Å²) in [6.07, 6.45) is 2.03. The SMILES string of the molecule is Cc1ccc(OCCN(C)C(=O)C2CCCN2)cc1. The number of likely N-dealkylation sites (N-methyl/N-ethyl adjacent to an activating group) is 1. The van der Waals surface area contributed by atoms with Crippen LogP contribution in [-0.4, -0.2) is 43.6 Å². The highest BCUT2D eigenvalue weighted by molar-refractivity contribution is 5.81. The van der Waals surface area contributed by atoms with Gasteiger partial charge in [0.15, 0.2) is 0 Å². The van der Waals surface area contributed by atoms with E-state index in [4.69, 9.17) is 4.74 Å². The lowest BCUT2D eigenvalue weighted by Gasteiger charge is -2.21. The van der Waals surface area contributed by atoms with Gasteiger partial charge < -0.3 is 15.0 Å². The molecule has 1 aromatic carbocycles. The molecule has 1 saturated heterocycles. The van der Waals surface area contributed by atoms with Gasteiger partial charge in [-0.3, -0.25) is 4.79 Å². The summed E-state index contributed by atoms with van der Waals surface area (Å²) in [4.78, 5) is 13.8. The van der Waals surface area contributed by atoms with E-state index in [1.54, 1.807) is 4.90 Å². The molecule has 0 radical (unpaired) electrons. The van der Waals surface area contributed by atoms with Crippen LogP contribution in [0.5, 0.6) is 5.75 Å². The van der Waals surface area contributed by atoms with Crippen molar-refractivity contribution in [3.63, 3.8) is 0 Å². The number of carbonyl (C=O) groups excluding carboxylic acids is 1. The van der Waals surface area contributed by atoms with Crippen LogP contribution in [0.15, 0.2) is 24.3 Å². The summed E-state index contributed by atoms with van der Waals surface area (Å²) < 4.78 is 5.63. The Morgan fingerprint density at radius 1 is 1.42 bits per heavy atom. The van der Waals surface area contributed by atoms with Crippen molar-refractivity contribution in [2.75, 3.05) is 26.7 Å². The van der Waals surface area contributed by atoms with Gasteiger partial charge in [0.25, 0.3) is 0 Å². The molecule has 0 spiro atoms. The molecule has 1 amide bonds. The minimum atomic E-state index is 0.00405. The summed E-state index contributed by atoms with van der Waals surface area (Å²) in [6, 6.07) is 7.95. The van der Waals surface area contributed by atoms with Gasteiger partial charge in [-0.05, 0) is 38.4 Å². The van der Waals surface area contributed by atoms with Crippen molar-refractivity contribution >= 4 is 5.91 Å². The van der Waals surface area contributed by atoms with Crippen molar-refractivity contribution in [3.8, 4) is 5.75 Å². The number of hydrogen-bond donors (Lipinski definition) is 1. The number of aryl methyl sites for hydroxylation is 1. The largest absolute Gasteiger partial charge is 0.492 e. The van der Waals surface area contributed by atoms with Gasteiger partial charge in [0.05, 0.1) is 12.6 Å². The van der Waals surface area contributed by atoms with E-state index in [0.29, 0.717) is 13.2 Å². The van der Waals surface area contributed by atoms with Crippen LogP contribution in [0.1, 0.15) is 18.4 Å². The number of ether oxygens (including phenoxy) is 1. The molecule has 2 rings (SSSR count). The average Bonchev–Trinajstić information content (AvgIpc) is 2.94. The van der Waals surface area contributed by atoms with Gasteiger partial charge in [0.1, 0.15) is 12.4 Å². The van der Waals surface area contributed by atoms with Gasteiger partial charge in [-0.2, -0.15) is 0 Å². The Morgan fingerprint density at radius 3 is 2.79 bits per heavy atom. The van der Waals surface area contributed by atoms with E-state index in [0.717, 1.165) is 25.1 Å². The second-order valence-corrected chi connectivity index (χ2v) is 5.07. The molecule has 0 aliphatic carbocycles. The number of rotatable bonds is 5. The third kappa shape index (κ3) is 3.96. The van der Waals surface area contributed by atoms with E-state index in [2.05, 4.69) is 5.32 Å². The fourth-order valence-corrected chi connectivity index (χ4v) is 2.21. The molecule has 0 aromatic heterocycles. The minimum Gasteiger partial charge on any atom is -0.492 e. The highest BCUT2D eigenvalue weighted by Gasteiger charge is 2.24. The van der Waals surface area contributed by atoms with Crippen molar-refractivity contribution in [1.82, 2.24) is 10.2 Å². The topological polar surface area (TPSA) is 41.6 Å². The van der Waals surface area contributed by atoms with Crippen molar-refractivity contribution in [2.24, 2.45) is 0 Å². The zero-order valence-corrected chi connectivity index (χ0v) is 11.7. The highest BCUT2D eigenvalue weighted by atomic mass is 16.5. The maximum Gasteiger partial charge on any atom is 0.239 e. The number of benzene rings is 1. The lowest BCUT2D eigenvalue weighted by Crippen LogP contribution is -2.43. The van der Waals surface area contributed by atoms with Crippen LogP contribution in [-0.2, 0) is 4.79 Å². The summed E-state index contributed by atoms with van der Waals surface area (Å²) in [5, 5.41) is 3.22. The van der Waals surface area contributed by atoms with E-state index >= 15 is 0 Å². The molecule has 1 aromatic rings. The Bertz CT molecular complexity index is 411. The zero-order valence-electron chi connectivity index (χ0n) is 11.7. The molecule has 1 fully saturated rings. The summed E-state index contributed by atoms with van der Waals surface area (Å²) in [5.41, 5.74) is 1.21. The van der Waals surface area contributed by atoms with Gasteiger partial charge in [-0.15, -0.1) is 0 Å². The Hall–Kier alpha value is -1.55. The molecule has 1 N–H and O–H groups in total. The number of nitrogens with one attached hydrogen (secondary N) is 1. The molecule has 1 unspecified atom stereocenters. The quantitative estimate of drug-likeness (QED) is 0.876. The number of hydrogen-bond acceptors (Lipinski definition) is 3. The summed E-state index contributed by atoms with van der Waals surface area (Å²) in [5.74, 6) is 1.02. The predicted molar refractivity (Wildman–Crippen MR) is 75.3 cm³/mol. The lowest BCUT2D eigenvalue weighted by atomic mass is 10.2. The molecule has 4 nitrogen and oxygen atoms in total. The molecule has 1 aliphatic heterocycles. The molecule has 19 heavy (non-hydrogen) atoms. The monoisotopic (exact) mass is 262 g/mol. The smallest absolute Gasteiger partial charge is 0.239 e. The van der Waals surface area contributed by atoms with Crippen LogP contribution >= 0.6 is 0 Å². The van der Waals surface area contributed by atoms with Crippen LogP contribution in [0.4, 0.5) is 0 Å². The maximum absolute atomic E-state index is 12.0. The van der Waals surface area contributed by atoms with Crippen LogP contribution in [0, 0.1) is 6.92 Å². The average molecular weight is 262 g/mol. The predicted octanol–water partition coefficient (Wildman–Crippen LogP) is 1.58. The van der Waals surface area contributed by atoms with E-state index < -0.39 is 0 Å². The van der Waals surface area contributed by atoms with Crippen molar-refractivity contribution in [3.05, 3.63) is 29.8 Å². The fraction of sp³-hybridized carbons (Fsp3) is 0.533. The molecule has 0 bridgehead atoms. The number of amides is 1. The lowest BCUT2D eigenvalue weighted by molar-refractivity contribution is -0.132. The molecule has 104 valence electrons. The standard InChI is InChI=1S/C15H22N2O2/c1-12-5-7-13(8-6-12)19-11-10-17(2)15(18)14-4-3-9-16-14/h5-8,14,16H,3-4,9-11H2,1-2H3. The van der Waals surface area contributed by atoms with E-state index in [-0.39, 0.29) is 11.9 Å². The summed E-state index contributed by atoms with van der Waals surface area (Å²) >= 11 is 0. The van der Waals surface area contributed by atoms with Crippen LogP contribution in [0.3, 0.4) is 0 Å². The second kappa shape index (κ2) is 6.57. The molecule has 1 heterocycles. The van der Waals surface area contributed by atoms with Gasteiger partial charge >= 0.3 is 0 Å². The van der Waals surface area contributed by atoms with Gasteiger partial charge in [0, 0.05) is 7.05 Å². The third-order valence-electron chi connectivity index (χ3n) is 3.45. The third-order valence-corrected chi connectivity index (χ3v) is 3.45. The molecule has 0 saturated carbocycles. The first-order valence-electron chi connectivity index (χ1n) is 6.84. The van der Waals surface area contributed by atoms with Gasteiger partial charge in [-0.1, -0.05) is 17.7 Å². The fourth-order valence-electron chi connectivity index (χ4n) is 2.21. The second-order valence-electron chi connectivity index (χ2n) is 5.07. The van der Waals surface area contributed by atoms with Crippen molar-refractivity contribution in [1.29, 1.82) is 0 Å². The van der Waals surface area contributed by atoms with Crippen LogP contribution in [0.25, 0.3) is 0 Å². The van der Waals surface area contributed by atoms with Crippen molar-refractivity contribution < 1.29 is 9.53 Å². The Kier molecular flexibility index (Phi) is 4.80. The first kappa shape index (κ1) is 13.9. The highest BCUT2D eigenvalue weighted by Crippen LogP contribution is 2.11. The van der Waals surface area contributed by atoms with Crippen molar-refractivity contribution in [2.45, 2.75) is 25.8 Å². The first-order valence-corrected chi connectivity index (χ1v) is 6.84. The van der Waals surface area contributed by atoms with E-state index in [1.165, 1.54) is 5.56 Å². The van der Waals surface area contributed by atoms with E-state index in [1.807, 2.05) is 38.2 Å². The summed E-state index contributed by atoms with van der Waals surface area (Å²) in [7, 11) is 1.83. The van der Waals surface area contributed by atoms with Crippen LogP contribution < -0.4 is 10.1 Å². The van der Waals surface area contributed by atoms with Gasteiger partial charge in [-0.25, -0.2) is 0 Å². The van der Waals surface area contributed by atoms with E-state index in [9.17, 15) is 4.79 Å². The molecule has 4 heteroatoms. The molecular weight excluding hydrogens is 240 g/mol. The number of nitrogens with zero attached hydrogens (tertiary/aromatic N) is 1. The minimum absolute atomic E-state index is 0.00405. The summed E-state index contributed by atoms with van der Waals surface area (Å²) in [6.45, 7) is 4.14. The zero-order chi connectivity index (χ0) is 13.7. The first-order chi connectivity index (χ1) is 9.16. The Labute approximate surface area is 114 Å². The Balaban J connectivity index is 1.72. The molecular formula is C15H22N2O2. The number of carbonyl (C=O) groups is 1. The van der Waals surface area contributed by atoms with Gasteiger partial charge in [0.2, 0.25) is 5.91 Å². The normalized spacial score (nSPS) is 18.3. The molecule has 1 aliphatic rings. The van der Waals surface area contributed by atoms with Crippen LogP contribution in [0.2, 0.25) is 0 Å². The Morgan fingerprint density at radius 2 is 2.16 bits per heavy atom.